The van der Waals surface area contributed by atoms with Crippen LogP contribution in [0.4, 0.5) is 5.69 Å². The van der Waals surface area contributed by atoms with Gasteiger partial charge < -0.3 is 5.32 Å². The monoisotopic (exact) mass is 310 g/mol. The van der Waals surface area contributed by atoms with Crippen molar-refractivity contribution in [2.45, 2.75) is 13.3 Å². The Labute approximate surface area is 133 Å². The summed E-state index contributed by atoms with van der Waals surface area (Å²) in [6, 6.07) is 13.3. The van der Waals surface area contributed by atoms with Gasteiger partial charge in [-0.2, -0.15) is 0 Å². The van der Waals surface area contributed by atoms with Gasteiger partial charge in [0, 0.05) is 22.0 Å². The molecular formula is C18H15ClN2O. The first-order chi connectivity index (χ1) is 10.6. The van der Waals surface area contributed by atoms with Crippen LogP contribution >= 0.6 is 11.6 Å². The topological polar surface area (TPSA) is 42.0 Å². The van der Waals surface area contributed by atoms with Crippen molar-refractivity contribution in [3.8, 4) is 0 Å². The first-order valence-electron chi connectivity index (χ1n) is 7.01. The molecule has 3 rings (SSSR count). The third-order valence-corrected chi connectivity index (χ3v) is 3.83. The molecule has 1 aromatic heterocycles. The molecule has 0 atom stereocenters. The van der Waals surface area contributed by atoms with Gasteiger partial charge in [0.25, 0.3) is 0 Å². The van der Waals surface area contributed by atoms with Crippen LogP contribution in [0.15, 0.2) is 54.9 Å². The molecular weight excluding hydrogens is 296 g/mol. The van der Waals surface area contributed by atoms with E-state index in [-0.39, 0.29) is 5.91 Å². The SMILES string of the molecule is Cc1cccc2c(NC(=O)Cc3ccc(Cl)cc3)cncc12. The Bertz CT molecular complexity index is 828. The number of aryl methyl sites for hydroxylation is 1. The summed E-state index contributed by atoms with van der Waals surface area (Å²) < 4.78 is 0. The summed E-state index contributed by atoms with van der Waals surface area (Å²) in [6.45, 7) is 2.03. The van der Waals surface area contributed by atoms with Gasteiger partial charge in [-0.15, -0.1) is 0 Å². The Kier molecular flexibility index (Phi) is 4.07. The maximum Gasteiger partial charge on any atom is 0.228 e. The van der Waals surface area contributed by atoms with Crippen LogP contribution in [-0.2, 0) is 11.2 Å². The fraction of sp³-hybridized carbons (Fsp3) is 0.111. The second kappa shape index (κ2) is 6.16. The van der Waals surface area contributed by atoms with Crippen molar-refractivity contribution in [2.75, 3.05) is 5.32 Å². The molecule has 0 saturated carbocycles. The molecule has 0 spiro atoms. The number of benzene rings is 2. The normalized spacial score (nSPS) is 10.6. The van der Waals surface area contributed by atoms with Gasteiger partial charge in [-0.25, -0.2) is 0 Å². The van der Waals surface area contributed by atoms with E-state index >= 15 is 0 Å². The Balaban J connectivity index is 1.82. The number of halogens is 1. The molecule has 0 fully saturated rings. The van der Waals surface area contributed by atoms with Gasteiger partial charge in [0.15, 0.2) is 0 Å². The summed E-state index contributed by atoms with van der Waals surface area (Å²) in [7, 11) is 0. The van der Waals surface area contributed by atoms with E-state index in [0.717, 1.165) is 27.6 Å². The van der Waals surface area contributed by atoms with Crippen LogP contribution in [0.3, 0.4) is 0 Å². The number of hydrogen-bond acceptors (Lipinski definition) is 2. The van der Waals surface area contributed by atoms with Crippen molar-refractivity contribution in [3.63, 3.8) is 0 Å². The summed E-state index contributed by atoms with van der Waals surface area (Å²) in [5.41, 5.74) is 2.80. The molecule has 110 valence electrons. The second-order valence-electron chi connectivity index (χ2n) is 5.21. The largest absolute Gasteiger partial charge is 0.324 e. The number of nitrogens with zero attached hydrogens (tertiary/aromatic N) is 1. The van der Waals surface area contributed by atoms with Gasteiger partial charge in [0.1, 0.15) is 0 Å². The smallest absolute Gasteiger partial charge is 0.228 e. The lowest BCUT2D eigenvalue weighted by Gasteiger charge is -2.09. The van der Waals surface area contributed by atoms with E-state index in [1.807, 2.05) is 43.5 Å². The predicted molar refractivity (Wildman–Crippen MR) is 90.3 cm³/mol. The molecule has 3 nitrogen and oxygen atoms in total. The van der Waals surface area contributed by atoms with E-state index in [2.05, 4.69) is 10.3 Å². The molecule has 0 saturated heterocycles. The van der Waals surface area contributed by atoms with Gasteiger partial charge in [-0.05, 0) is 30.2 Å². The van der Waals surface area contributed by atoms with Crippen LogP contribution in [0.2, 0.25) is 5.02 Å². The second-order valence-corrected chi connectivity index (χ2v) is 5.64. The molecule has 4 heteroatoms. The highest BCUT2D eigenvalue weighted by molar-refractivity contribution is 6.30. The zero-order chi connectivity index (χ0) is 15.5. The Morgan fingerprint density at radius 2 is 1.86 bits per heavy atom. The number of amides is 1. The molecule has 3 aromatic rings. The number of hydrogen-bond donors (Lipinski definition) is 1. The van der Waals surface area contributed by atoms with Crippen LogP contribution in [0.25, 0.3) is 10.8 Å². The standard InChI is InChI=1S/C18H15ClN2O/c1-12-3-2-4-15-16(12)10-20-11-17(15)21-18(22)9-13-5-7-14(19)8-6-13/h2-8,10-11H,9H2,1H3,(H,21,22). The summed E-state index contributed by atoms with van der Waals surface area (Å²) in [5, 5.41) is 5.65. The predicted octanol–water partition coefficient (Wildman–Crippen LogP) is 4.38. The average Bonchev–Trinajstić information content (AvgIpc) is 2.51. The van der Waals surface area contributed by atoms with Crippen molar-refractivity contribution >= 4 is 34.0 Å². The molecule has 0 radical (unpaired) electrons. The molecule has 0 aliphatic heterocycles. The molecule has 0 bridgehead atoms. The summed E-state index contributed by atoms with van der Waals surface area (Å²) in [5.74, 6) is -0.0712. The highest BCUT2D eigenvalue weighted by Crippen LogP contribution is 2.24. The van der Waals surface area contributed by atoms with Crippen LogP contribution in [0.1, 0.15) is 11.1 Å². The fourth-order valence-electron chi connectivity index (χ4n) is 2.42. The van der Waals surface area contributed by atoms with Gasteiger partial charge in [-0.3, -0.25) is 9.78 Å². The number of nitrogens with one attached hydrogen (secondary N) is 1. The van der Waals surface area contributed by atoms with Crippen LogP contribution < -0.4 is 5.32 Å². The average molecular weight is 311 g/mol. The Morgan fingerprint density at radius 3 is 2.64 bits per heavy atom. The number of carbonyl (C=O) groups is 1. The lowest BCUT2D eigenvalue weighted by atomic mass is 10.1. The molecule has 0 aliphatic carbocycles. The van der Waals surface area contributed by atoms with E-state index < -0.39 is 0 Å². The molecule has 0 aliphatic rings. The van der Waals surface area contributed by atoms with Crippen LogP contribution in [-0.4, -0.2) is 10.9 Å². The zero-order valence-corrected chi connectivity index (χ0v) is 12.9. The van der Waals surface area contributed by atoms with Gasteiger partial charge in [-0.1, -0.05) is 41.9 Å². The summed E-state index contributed by atoms with van der Waals surface area (Å²) >= 11 is 5.85. The Hall–Kier alpha value is -2.39. The minimum atomic E-state index is -0.0712. The molecule has 1 N–H and O–H groups in total. The number of anilines is 1. The third-order valence-electron chi connectivity index (χ3n) is 3.57. The summed E-state index contributed by atoms with van der Waals surface area (Å²) in [6.07, 6.45) is 3.81. The molecule has 0 unspecified atom stereocenters. The van der Waals surface area contributed by atoms with Crippen LogP contribution in [0.5, 0.6) is 0 Å². The third kappa shape index (κ3) is 3.10. The van der Waals surface area contributed by atoms with E-state index in [9.17, 15) is 4.79 Å². The maximum absolute atomic E-state index is 12.2. The van der Waals surface area contributed by atoms with E-state index in [1.165, 1.54) is 0 Å². The number of pyridine rings is 1. The number of carbonyl (C=O) groups excluding carboxylic acids is 1. The molecule has 22 heavy (non-hydrogen) atoms. The molecule has 1 amide bonds. The minimum absolute atomic E-state index is 0.0712. The van der Waals surface area contributed by atoms with Gasteiger partial charge >= 0.3 is 0 Å². The fourth-order valence-corrected chi connectivity index (χ4v) is 2.55. The highest BCUT2D eigenvalue weighted by Gasteiger charge is 2.08. The number of rotatable bonds is 3. The van der Waals surface area contributed by atoms with Crippen molar-refractivity contribution in [2.24, 2.45) is 0 Å². The maximum atomic E-state index is 12.2. The number of fused-ring (bicyclic) bond motifs is 1. The van der Waals surface area contributed by atoms with E-state index in [4.69, 9.17) is 11.6 Å². The summed E-state index contributed by atoms with van der Waals surface area (Å²) in [4.78, 5) is 16.4. The first kappa shape index (κ1) is 14.5. The lowest BCUT2D eigenvalue weighted by Crippen LogP contribution is -2.14. The van der Waals surface area contributed by atoms with Crippen LogP contribution in [0, 0.1) is 6.92 Å². The van der Waals surface area contributed by atoms with Crippen molar-refractivity contribution in [1.29, 1.82) is 0 Å². The van der Waals surface area contributed by atoms with Gasteiger partial charge in [0.2, 0.25) is 5.91 Å². The first-order valence-corrected chi connectivity index (χ1v) is 7.39. The molecule has 2 aromatic carbocycles. The van der Waals surface area contributed by atoms with E-state index in [0.29, 0.717) is 11.4 Å². The Morgan fingerprint density at radius 1 is 1.09 bits per heavy atom. The van der Waals surface area contributed by atoms with Crippen molar-refractivity contribution in [3.05, 3.63) is 71.0 Å². The van der Waals surface area contributed by atoms with Crippen molar-refractivity contribution < 1.29 is 4.79 Å². The molecule has 1 heterocycles. The zero-order valence-electron chi connectivity index (χ0n) is 12.1. The van der Waals surface area contributed by atoms with Gasteiger partial charge in [0.05, 0.1) is 18.3 Å². The van der Waals surface area contributed by atoms with Crippen molar-refractivity contribution in [1.82, 2.24) is 4.98 Å². The highest BCUT2D eigenvalue weighted by atomic mass is 35.5. The minimum Gasteiger partial charge on any atom is -0.324 e. The number of aromatic nitrogens is 1. The quantitative estimate of drug-likeness (QED) is 0.780. The van der Waals surface area contributed by atoms with E-state index in [1.54, 1.807) is 18.3 Å². The lowest BCUT2D eigenvalue weighted by molar-refractivity contribution is -0.115.